The molecule has 0 aromatic heterocycles. The summed E-state index contributed by atoms with van der Waals surface area (Å²) >= 11 is 0. The molecule has 1 N–H and O–H groups in total. The minimum atomic E-state index is -1.03. The summed E-state index contributed by atoms with van der Waals surface area (Å²) in [6.45, 7) is 5.28. The van der Waals surface area contributed by atoms with Gasteiger partial charge in [0.05, 0.1) is 31.3 Å². The van der Waals surface area contributed by atoms with Gasteiger partial charge < -0.3 is 19.3 Å². The minimum absolute atomic E-state index is 0.332. The summed E-state index contributed by atoms with van der Waals surface area (Å²) in [5.41, 5.74) is 2.23. The van der Waals surface area contributed by atoms with Crippen molar-refractivity contribution in [2.75, 3.05) is 19.8 Å². The second kappa shape index (κ2) is 5.50. The van der Waals surface area contributed by atoms with Gasteiger partial charge in [0.25, 0.3) is 0 Å². The van der Waals surface area contributed by atoms with Crippen molar-refractivity contribution in [3.63, 3.8) is 0 Å². The highest BCUT2D eigenvalue weighted by Crippen LogP contribution is 2.63. The lowest BCUT2D eigenvalue weighted by Gasteiger charge is -2.53. The number of fused-ring (bicyclic) bond motifs is 2. The maximum Gasteiger partial charge on any atom is 0.338 e. The number of carbonyl (C=O) groups excluding carboxylic acids is 1. The first-order valence-electron chi connectivity index (χ1n) is 8.10. The fourth-order valence-electron chi connectivity index (χ4n) is 4.35. The van der Waals surface area contributed by atoms with E-state index in [0.29, 0.717) is 32.7 Å². The number of esters is 1. The summed E-state index contributed by atoms with van der Waals surface area (Å²) < 4.78 is 16.8. The van der Waals surface area contributed by atoms with Crippen LogP contribution in [0.15, 0.2) is 17.4 Å². The first-order valence-corrected chi connectivity index (χ1v) is 8.10. The molecule has 122 valence electrons. The first kappa shape index (κ1) is 15.8. The SMILES string of the molecule is CCOC(=O)C=C=C1CC[C@]2(C)C3(CCC[C@]12O)OCCO3. The Bertz CT molecular complexity index is 527. The molecular formula is C17H24O5. The van der Waals surface area contributed by atoms with Crippen LogP contribution in [0.25, 0.3) is 0 Å². The van der Waals surface area contributed by atoms with Gasteiger partial charge in [-0.1, -0.05) is 6.92 Å². The number of rotatable bonds is 2. The average Bonchev–Trinajstić information content (AvgIpc) is 3.04. The van der Waals surface area contributed by atoms with Crippen LogP contribution in [0, 0.1) is 5.41 Å². The van der Waals surface area contributed by atoms with Gasteiger partial charge in [0.1, 0.15) is 5.60 Å². The van der Waals surface area contributed by atoms with Crippen molar-refractivity contribution in [2.45, 2.75) is 57.3 Å². The van der Waals surface area contributed by atoms with Crippen molar-refractivity contribution in [3.05, 3.63) is 17.4 Å². The van der Waals surface area contributed by atoms with Crippen LogP contribution >= 0.6 is 0 Å². The van der Waals surface area contributed by atoms with Gasteiger partial charge in [0, 0.05) is 12.0 Å². The summed E-state index contributed by atoms with van der Waals surface area (Å²) in [6.07, 6.45) is 5.04. The van der Waals surface area contributed by atoms with Crippen molar-refractivity contribution in [1.29, 1.82) is 0 Å². The first-order chi connectivity index (χ1) is 10.5. The third kappa shape index (κ3) is 2.08. The Morgan fingerprint density at radius 3 is 2.77 bits per heavy atom. The second-order valence-electron chi connectivity index (χ2n) is 6.52. The monoisotopic (exact) mass is 308 g/mol. The molecule has 1 spiro atoms. The number of aliphatic hydroxyl groups is 1. The molecule has 0 aromatic carbocycles. The maximum absolute atomic E-state index is 11.5. The molecule has 3 fully saturated rings. The molecular weight excluding hydrogens is 284 g/mol. The van der Waals surface area contributed by atoms with Crippen LogP contribution in [0.2, 0.25) is 0 Å². The van der Waals surface area contributed by atoms with Crippen LogP contribution in [-0.4, -0.2) is 42.3 Å². The van der Waals surface area contributed by atoms with Crippen molar-refractivity contribution in [2.24, 2.45) is 5.41 Å². The summed E-state index contributed by atoms with van der Waals surface area (Å²) in [5, 5.41) is 11.4. The zero-order chi connectivity index (χ0) is 15.8. The van der Waals surface area contributed by atoms with Gasteiger partial charge in [-0.3, -0.25) is 0 Å². The van der Waals surface area contributed by atoms with E-state index in [1.165, 1.54) is 6.08 Å². The number of hydrogen-bond acceptors (Lipinski definition) is 5. The molecule has 1 saturated heterocycles. The smallest absolute Gasteiger partial charge is 0.338 e. The van der Waals surface area contributed by atoms with E-state index in [2.05, 4.69) is 5.73 Å². The van der Waals surface area contributed by atoms with Crippen molar-refractivity contribution < 1.29 is 24.1 Å². The lowest BCUT2D eigenvalue weighted by Crippen LogP contribution is -2.61. The van der Waals surface area contributed by atoms with Crippen molar-refractivity contribution in [3.8, 4) is 0 Å². The van der Waals surface area contributed by atoms with Gasteiger partial charge in [0.2, 0.25) is 0 Å². The Balaban J connectivity index is 1.95. The molecule has 0 aromatic rings. The minimum Gasteiger partial charge on any atom is -0.462 e. The Labute approximate surface area is 130 Å². The largest absolute Gasteiger partial charge is 0.462 e. The van der Waals surface area contributed by atoms with Crippen LogP contribution in [0.4, 0.5) is 0 Å². The highest BCUT2D eigenvalue weighted by Gasteiger charge is 2.68. The standard InChI is InChI=1S/C17H24O5/c1-3-20-14(18)6-5-13-7-10-15(2)16(13,19)8-4-9-17(15)21-11-12-22-17/h6,19H,3-4,7-12H2,1-2H3/t5?,15-,16-/m0/s1. The molecule has 3 aliphatic rings. The molecule has 2 saturated carbocycles. The highest BCUT2D eigenvalue weighted by molar-refractivity contribution is 5.81. The zero-order valence-electron chi connectivity index (χ0n) is 13.3. The van der Waals surface area contributed by atoms with E-state index < -0.39 is 22.8 Å². The van der Waals surface area contributed by atoms with Crippen LogP contribution in [0.5, 0.6) is 0 Å². The van der Waals surface area contributed by atoms with Crippen molar-refractivity contribution in [1.82, 2.24) is 0 Å². The molecule has 1 heterocycles. The quantitative estimate of drug-likeness (QED) is 0.481. The summed E-state index contributed by atoms with van der Waals surface area (Å²) in [6, 6.07) is 0. The third-order valence-corrected chi connectivity index (χ3v) is 5.58. The maximum atomic E-state index is 11.5. The van der Waals surface area contributed by atoms with E-state index in [4.69, 9.17) is 14.2 Å². The van der Waals surface area contributed by atoms with Crippen LogP contribution in [-0.2, 0) is 19.0 Å². The third-order valence-electron chi connectivity index (χ3n) is 5.58. The number of carbonyl (C=O) groups is 1. The van der Waals surface area contributed by atoms with E-state index >= 15 is 0 Å². The molecule has 0 radical (unpaired) electrons. The van der Waals surface area contributed by atoms with E-state index in [-0.39, 0.29) is 0 Å². The molecule has 0 amide bonds. The van der Waals surface area contributed by atoms with E-state index in [1.807, 2.05) is 6.92 Å². The van der Waals surface area contributed by atoms with Gasteiger partial charge >= 0.3 is 5.97 Å². The zero-order valence-corrected chi connectivity index (χ0v) is 13.3. The fourth-order valence-corrected chi connectivity index (χ4v) is 4.35. The molecule has 0 unspecified atom stereocenters. The Kier molecular flexibility index (Phi) is 3.94. The molecule has 1 aliphatic heterocycles. The van der Waals surface area contributed by atoms with E-state index in [0.717, 1.165) is 24.8 Å². The summed E-state index contributed by atoms with van der Waals surface area (Å²) in [5.74, 6) is -1.13. The molecule has 2 aliphatic carbocycles. The Morgan fingerprint density at radius 1 is 1.36 bits per heavy atom. The normalized spacial score (nSPS) is 36.0. The Hall–Kier alpha value is -1.13. The number of ether oxygens (including phenoxy) is 3. The van der Waals surface area contributed by atoms with Crippen LogP contribution < -0.4 is 0 Å². The molecule has 3 rings (SSSR count). The molecule has 22 heavy (non-hydrogen) atoms. The highest BCUT2D eigenvalue weighted by atomic mass is 16.7. The average molecular weight is 308 g/mol. The van der Waals surface area contributed by atoms with Gasteiger partial charge in [-0.2, -0.15) is 0 Å². The molecule has 0 bridgehead atoms. The summed E-state index contributed by atoms with van der Waals surface area (Å²) in [4.78, 5) is 11.5. The molecule has 5 heteroatoms. The second-order valence-corrected chi connectivity index (χ2v) is 6.52. The lowest BCUT2D eigenvalue weighted by atomic mass is 9.61. The van der Waals surface area contributed by atoms with E-state index in [9.17, 15) is 9.90 Å². The van der Waals surface area contributed by atoms with Crippen LogP contribution in [0.3, 0.4) is 0 Å². The van der Waals surface area contributed by atoms with Gasteiger partial charge in [0.15, 0.2) is 5.79 Å². The topological polar surface area (TPSA) is 65.0 Å². The fraction of sp³-hybridized carbons (Fsp3) is 0.765. The van der Waals surface area contributed by atoms with Gasteiger partial charge in [-0.05, 0) is 32.6 Å². The predicted octanol–water partition coefficient (Wildman–Crippen LogP) is 2.09. The van der Waals surface area contributed by atoms with Gasteiger partial charge in [-0.15, -0.1) is 5.73 Å². The molecule has 5 nitrogen and oxygen atoms in total. The predicted molar refractivity (Wildman–Crippen MR) is 79.0 cm³/mol. The van der Waals surface area contributed by atoms with Gasteiger partial charge in [-0.25, -0.2) is 4.79 Å². The summed E-state index contributed by atoms with van der Waals surface area (Å²) in [7, 11) is 0. The van der Waals surface area contributed by atoms with Crippen LogP contribution in [0.1, 0.15) is 46.0 Å². The number of hydrogen-bond donors (Lipinski definition) is 1. The molecule has 2 atom stereocenters. The van der Waals surface area contributed by atoms with Crippen molar-refractivity contribution >= 4 is 5.97 Å². The lowest BCUT2D eigenvalue weighted by molar-refractivity contribution is -0.292. The Morgan fingerprint density at radius 2 is 2.09 bits per heavy atom. The van der Waals surface area contributed by atoms with E-state index in [1.54, 1.807) is 6.92 Å².